The summed E-state index contributed by atoms with van der Waals surface area (Å²) < 4.78 is 70.6. The number of esters is 2. The third kappa shape index (κ3) is 38.7. The fraction of sp³-hybridized carbons (Fsp3) is 0.873. The molecule has 3 aliphatic heterocycles. The number of unbranched alkanes of at least 4 members (excludes halogenated alkanes) is 23. The van der Waals surface area contributed by atoms with Gasteiger partial charge in [-0.2, -0.15) is 0 Å². The van der Waals surface area contributed by atoms with Crippen LogP contribution in [0.1, 0.15) is 240 Å². The van der Waals surface area contributed by atoms with E-state index in [-0.39, 0.29) is 83.4 Å². The lowest BCUT2D eigenvalue weighted by atomic mass is 9.95. The Hall–Kier alpha value is -3.58. The van der Waals surface area contributed by atoms with Crippen molar-refractivity contribution in [2.24, 2.45) is 0 Å². The zero-order valence-electron chi connectivity index (χ0n) is 60.1. The minimum atomic E-state index is -3.73. The molecule has 0 aromatic rings. The molecule has 3 rings (SSSR count). The van der Waals surface area contributed by atoms with E-state index in [1.807, 2.05) is 0 Å². The Morgan fingerprint density at radius 1 is 0.485 bits per heavy atom. The van der Waals surface area contributed by atoms with Gasteiger partial charge < -0.3 is 104 Å². The third-order valence-electron chi connectivity index (χ3n) is 17.7. The maximum absolute atomic E-state index is 13.4. The van der Waals surface area contributed by atoms with Crippen molar-refractivity contribution >= 4 is 37.3 Å². The van der Waals surface area contributed by atoms with Crippen molar-refractivity contribution < 1.29 is 116 Å². The van der Waals surface area contributed by atoms with Crippen molar-refractivity contribution in [3.8, 4) is 0 Å². The van der Waals surface area contributed by atoms with E-state index in [1.165, 1.54) is 97.6 Å². The van der Waals surface area contributed by atoms with Crippen LogP contribution in [0.3, 0.4) is 0 Å². The van der Waals surface area contributed by atoms with E-state index in [0.717, 1.165) is 77.0 Å². The molecule has 3 aliphatic rings. The summed E-state index contributed by atoms with van der Waals surface area (Å²) in [5, 5.41) is 92.9. The quantitative estimate of drug-likeness (QED) is 0.0124. The largest absolute Gasteiger partial charge is 0.462 e. The van der Waals surface area contributed by atoms with Gasteiger partial charge in [-0.3, -0.25) is 28.5 Å². The van der Waals surface area contributed by atoms with Crippen molar-refractivity contribution in [3.05, 3.63) is 24.3 Å². The Morgan fingerprint density at radius 3 is 1.51 bits per heavy atom. The molecule has 3 saturated heterocycles. The maximum atomic E-state index is 13.4. The number of carbonyl (C=O) groups excluding carboxylic acids is 5. The number of hydrogen-bond donors (Lipinski definition) is 11. The van der Waals surface area contributed by atoms with Gasteiger partial charge in [0, 0.05) is 52.4 Å². The van der Waals surface area contributed by atoms with Crippen molar-refractivity contribution in [1.82, 2.24) is 16.0 Å². The van der Waals surface area contributed by atoms with E-state index in [1.54, 1.807) is 0 Å². The number of aliphatic hydroxyl groups is 8. The number of rotatable bonds is 57. The van der Waals surface area contributed by atoms with Crippen LogP contribution in [0.4, 0.5) is 0 Å². The molecular formula is C71H128N3O24P. The van der Waals surface area contributed by atoms with E-state index >= 15 is 0 Å². The average molecular weight is 1440 g/mol. The molecular weight excluding hydrogens is 1310 g/mol. The fourth-order valence-electron chi connectivity index (χ4n) is 11.7. The first-order chi connectivity index (χ1) is 47.7. The highest BCUT2D eigenvalue weighted by Crippen LogP contribution is 2.44. The third-order valence-corrected chi connectivity index (χ3v) is 18.9. The van der Waals surface area contributed by atoms with E-state index in [0.29, 0.717) is 25.7 Å². The molecule has 0 saturated carbocycles. The van der Waals surface area contributed by atoms with Gasteiger partial charge in [-0.1, -0.05) is 141 Å². The number of carbonyl (C=O) groups is 5. The molecule has 3 heterocycles. The molecule has 7 unspecified atom stereocenters. The van der Waals surface area contributed by atoms with Crippen LogP contribution in [0.25, 0.3) is 0 Å². The standard InChI is InChI=1S/C71H128N3O24P/c1-6-8-10-12-14-16-18-20-22-24-26-28-30-32-34-41-58(80)90-49-53(94-59(81)42-35-33-31-29-27-25-23-21-19-17-15-13-11-9-7-2)50-92-99(5,88)91-46-44-73-57(79)40-37-36-39-56(78)72-43-38-45-89-69-60(74-52(4)77)63(84)67(55(48-76)96-69)97-71-68(65(86)62(83)54(47-75)95-71)98-70-66(87)64(85)61(82)51(3)93-70/h20-23,51,53-55,60-71,75-76,82-87H,6-19,24-50H2,1-5H3,(H,72,78)(H,73,79)(H,74,77)/b22-20-,23-21-/t51?,53-,54?,55+,60?,61-,62-,63?,64+,65-,66?,67+,68?,69-,70-,71-,99?/m0/s1. The summed E-state index contributed by atoms with van der Waals surface area (Å²) in [4.78, 5) is 63.6. The molecule has 27 nitrogen and oxygen atoms in total. The van der Waals surface area contributed by atoms with E-state index in [9.17, 15) is 69.4 Å². The fourth-order valence-corrected chi connectivity index (χ4v) is 12.7. The van der Waals surface area contributed by atoms with Gasteiger partial charge in [-0.15, -0.1) is 0 Å². The van der Waals surface area contributed by atoms with Gasteiger partial charge in [0.15, 0.2) is 25.0 Å². The molecule has 17 atom stereocenters. The van der Waals surface area contributed by atoms with E-state index < -0.39 is 137 Å². The predicted octanol–water partition coefficient (Wildman–Crippen LogP) is 7.19. The normalized spacial score (nSPS) is 26.7. The van der Waals surface area contributed by atoms with Crippen LogP contribution in [0.5, 0.6) is 0 Å². The summed E-state index contributed by atoms with van der Waals surface area (Å²) in [6.07, 6.45) is 16.6. The lowest BCUT2D eigenvalue weighted by molar-refractivity contribution is -0.382. The predicted molar refractivity (Wildman–Crippen MR) is 369 cm³/mol. The molecule has 3 amide bonds. The molecule has 3 fully saturated rings. The summed E-state index contributed by atoms with van der Waals surface area (Å²) in [5.41, 5.74) is 0. The van der Waals surface area contributed by atoms with Crippen LogP contribution in [0.2, 0.25) is 0 Å². The number of ether oxygens (including phenoxy) is 8. The van der Waals surface area contributed by atoms with Gasteiger partial charge in [0.05, 0.1) is 39.1 Å². The smallest absolute Gasteiger partial charge is 0.327 e. The molecule has 99 heavy (non-hydrogen) atoms. The summed E-state index contributed by atoms with van der Waals surface area (Å²) in [6, 6.07) is -1.34. The second-order valence-corrected chi connectivity index (χ2v) is 28.6. The van der Waals surface area contributed by atoms with Gasteiger partial charge in [0.1, 0.15) is 73.7 Å². The summed E-state index contributed by atoms with van der Waals surface area (Å²) in [7, 11) is -3.73. The number of aliphatic hydroxyl groups excluding tert-OH is 8. The average Bonchev–Trinajstić information content (AvgIpc) is 1.83. The lowest BCUT2D eigenvalue weighted by Gasteiger charge is -2.49. The highest BCUT2D eigenvalue weighted by molar-refractivity contribution is 7.52. The number of allylic oxidation sites excluding steroid dienone is 4. The van der Waals surface area contributed by atoms with E-state index in [2.05, 4.69) is 54.1 Å². The monoisotopic (exact) mass is 1440 g/mol. The number of nitrogens with one attached hydrogen (secondary N) is 3. The zero-order chi connectivity index (χ0) is 72.6. The van der Waals surface area contributed by atoms with Crippen LogP contribution < -0.4 is 16.0 Å². The van der Waals surface area contributed by atoms with Crippen molar-refractivity contribution in [2.75, 3.05) is 59.4 Å². The first kappa shape index (κ1) is 89.6. The van der Waals surface area contributed by atoms with Gasteiger partial charge in [0.25, 0.3) is 0 Å². The van der Waals surface area contributed by atoms with Crippen LogP contribution >= 0.6 is 7.60 Å². The Balaban J connectivity index is 1.37. The molecule has 0 bridgehead atoms. The van der Waals surface area contributed by atoms with Crippen molar-refractivity contribution in [3.63, 3.8) is 0 Å². The zero-order valence-corrected chi connectivity index (χ0v) is 61.0. The number of hydrogen-bond acceptors (Lipinski definition) is 24. The molecule has 0 aromatic heterocycles. The molecule has 28 heteroatoms. The maximum Gasteiger partial charge on any atom is 0.327 e. The Morgan fingerprint density at radius 2 is 0.970 bits per heavy atom. The topological polar surface area (TPSA) is 393 Å². The lowest BCUT2D eigenvalue weighted by Crippen LogP contribution is -2.68. The molecule has 0 spiro atoms. The second kappa shape index (κ2) is 54.1. The van der Waals surface area contributed by atoms with Gasteiger partial charge in [-0.05, 0) is 90.4 Å². The van der Waals surface area contributed by atoms with Crippen molar-refractivity contribution in [2.45, 2.75) is 338 Å². The molecule has 0 aliphatic carbocycles. The molecule has 576 valence electrons. The van der Waals surface area contributed by atoms with Crippen LogP contribution in [-0.2, 0) is 75.5 Å². The van der Waals surface area contributed by atoms with Crippen molar-refractivity contribution in [1.29, 1.82) is 0 Å². The summed E-state index contributed by atoms with van der Waals surface area (Å²) >= 11 is 0. The summed E-state index contributed by atoms with van der Waals surface area (Å²) in [5.74, 6) is -2.12. The number of amides is 3. The Kier molecular flexibility index (Phi) is 49.0. The molecule has 0 aromatic carbocycles. The first-order valence-corrected chi connectivity index (χ1v) is 39.2. The Labute approximate surface area is 588 Å². The van der Waals surface area contributed by atoms with Crippen LogP contribution in [0.15, 0.2) is 24.3 Å². The van der Waals surface area contributed by atoms with Gasteiger partial charge in [0.2, 0.25) is 17.7 Å². The van der Waals surface area contributed by atoms with E-state index in [4.69, 9.17) is 46.9 Å². The summed E-state index contributed by atoms with van der Waals surface area (Å²) in [6.45, 7) is 5.99. The SMILES string of the molecule is CCCCCCCC/C=C\CCCCCCCC(=O)OC[C@@H](COP(C)(=O)OCCNC(=O)CCCCC(=O)NCCCO[C@H]1O[C@H](CO)[C@@H](O[C@@H]2OC(CO)[C@H](O)[C@H](O)C2O[C@@H]2OC(C)[C@H](O)[C@@H](O)C2O)C(O)C1NC(C)=O)OC(=O)CCCCCCC/C=C\CCCCCCCC. The van der Waals surface area contributed by atoms with Crippen LogP contribution in [-0.4, -0.2) is 228 Å². The van der Waals surface area contributed by atoms with Gasteiger partial charge in [-0.25, -0.2) is 0 Å². The Bertz CT molecular complexity index is 2270. The molecule has 0 radical (unpaired) electrons. The minimum Gasteiger partial charge on any atom is -0.462 e. The highest BCUT2D eigenvalue weighted by atomic mass is 31.2. The minimum absolute atomic E-state index is 0.00721. The first-order valence-electron chi connectivity index (χ1n) is 37.2. The highest BCUT2D eigenvalue weighted by Gasteiger charge is 2.54. The van der Waals surface area contributed by atoms with Crippen LogP contribution in [0, 0.1) is 0 Å². The second-order valence-electron chi connectivity index (χ2n) is 26.5. The molecule has 11 N–H and O–H groups in total. The van der Waals surface area contributed by atoms with Gasteiger partial charge >= 0.3 is 19.5 Å².